The molecule has 0 radical (unpaired) electrons. The maximum atomic E-state index is 13.9. The van der Waals surface area contributed by atoms with E-state index in [0.717, 1.165) is 11.3 Å². The Morgan fingerprint density at radius 3 is 2.38 bits per heavy atom. The average Bonchev–Trinajstić information content (AvgIpc) is 3.43. The third-order valence-electron chi connectivity index (χ3n) is 5.81. The van der Waals surface area contributed by atoms with Crippen molar-refractivity contribution < 1.29 is 18.7 Å². The van der Waals surface area contributed by atoms with Crippen molar-refractivity contribution in [2.24, 2.45) is 0 Å². The van der Waals surface area contributed by atoms with Crippen LogP contribution < -0.4 is 15.0 Å². The molecular weight excluding hydrogens is 489 g/mol. The Labute approximate surface area is 219 Å². The van der Waals surface area contributed by atoms with Gasteiger partial charge < -0.3 is 19.9 Å². The monoisotopic (exact) mass is 517 g/mol. The summed E-state index contributed by atoms with van der Waals surface area (Å²) < 4.78 is 19.2. The van der Waals surface area contributed by atoms with E-state index in [4.69, 9.17) is 4.74 Å². The number of rotatable bonds is 9. The predicted molar refractivity (Wildman–Crippen MR) is 146 cm³/mol. The van der Waals surface area contributed by atoms with Crippen LogP contribution in [-0.2, 0) is 13.1 Å². The van der Waals surface area contributed by atoms with E-state index in [1.807, 2.05) is 48.6 Å². The minimum absolute atomic E-state index is 0.190. The molecule has 37 heavy (non-hydrogen) atoms. The van der Waals surface area contributed by atoms with Gasteiger partial charge in [0, 0.05) is 44.1 Å². The number of amides is 2. The number of methoxy groups -OCH3 is 1. The van der Waals surface area contributed by atoms with Crippen LogP contribution >= 0.6 is 11.3 Å². The number of anilines is 2. The van der Waals surface area contributed by atoms with Gasteiger partial charge in [0.1, 0.15) is 11.6 Å². The molecule has 0 saturated carbocycles. The van der Waals surface area contributed by atoms with Crippen LogP contribution in [0.2, 0.25) is 0 Å². The minimum Gasteiger partial charge on any atom is -0.497 e. The fraction of sp³-hybridized carbons (Fsp3) is 0.172. The summed E-state index contributed by atoms with van der Waals surface area (Å²) in [4.78, 5) is 30.5. The molecule has 0 saturated heterocycles. The van der Waals surface area contributed by atoms with Crippen LogP contribution in [0.1, 0.15) is 31.2 Å². The predicted octanol–water partition coefficient (Wildman–Crippen LogP) is 6.06. The first-order chi connectivity index (χ1) is 17.8. The second-order valence-corrected chi connectivity index (χ2v) is 9.64. The van der Waals surface area contributed by atoms with Gasteiger partial charge in [0.05, 0.1) is 12.0 Å². The minimum atomic E-state index is -0.360. The number of thiophene rings is 1. The van der Waals surface area contributed by atoms with E-state index in [-0.39, 0.29) is 30.7 Å². The number of carbonyl (C=O) groups is 2. The summed E-state index contributed by atoms with van der Waals surface area (Å²) in [5, 5.41) is 4.79. The topological polar surface area (TPSA) is 61.9 Å². The summed E-state index contributed by atoms with van der Waals surface area (Å²) >= 11 is 1.37. The molecule has 0 bridgehead atoms. The van der Waals surface area contributed by atoms with Crippen molar-refractivity contribution in [3.05, 3.63) is 112 Å². The molecule has 0 atom stereocenters. The molecule has 6 nitrogen and oxygen atoms in total. The molecule has 1 heterocycles. The lowest BCUT2D eigenvalue weighted by molar-refractivity contribution is 0.0730. The zero-order chi connectivity index (χ0) is 26.4. The lowest BCUT2D eigenvalue weighted by atomic mass is 10.1. The summed E-state index contributed by atoms with van der Waals surface area (Å²) in [6.07, 6.45) is 0. The number of ether oxygens (including phenoxy) is 1. The van der Waals surface area contributed by atoms with Crippen molar-refractivity contribution in [1.82, 2.24) is 4.90 Å². The van der Waals surface area contributed by atoms with Gasteiger partial charge >= 0.3 is 0 Å². The fourth-order valence-corrected chi connectivity index (χ4v) is 4.62. The van der Waals surface area contributed by atoms with Crippen LogP contribution in [0.3, 0.4) is 0 Å². The highest BCUT2D eigenvalue weighted by Gasteiger charge is 2.20. The molecule has 4 aromatic rings. The fourth-order valence-electron chi connectivity index (χ4n) is 4.00. The molecular formula is C29H28FN3O3S. The van der Waals surface area contributed by atoms with Crippen LogP contribution in [0.4, 0.5) is 15.8 Å². The Kier molecular flexibility index (Phi) is 8.20. The van der Waals surface area contributed by atoms with Gasteiger partial charge in [-0.25, -0.2) is 4.39 Å². The van der Waals surface area contributed by atoms with Gasteiger partial charge in [-0.3, -0.25) is 9.59 Å². The summed E-state index contributed by atoms with van der Waals surface area (Å²) in [5.74, 6) is -0.104. The number of benzene rings is 3. The number of hydrogen-bond donors (Lipinski definition) is 1. The van der Waals surface area contributed by atoms with Crippen molar-refractivity contribution in [3.8, 4) is 5.75 Å². The van der Waals surface area contributed by atoms with Crippen LogP contribution in [-0.4, -0.2) is 37.9 Å². The number of nitrogens with zero attached hydrogens (tertiary/aromatic N) is 2. The molecule has 0 aliphatic rings. The lowest BCUT2D eigenvalue weighted by Gasteiger charge is -2.27. The van der Waals surface area contributed by atoms with Crippen molar-refractivity contribution in [1.29, 1.82) is 0 Å². The van der Waals surface area contributed by atoms with E-state index in [2.05, 4.69) is 5.32 Å². The first-order valence-electron chi connectivity index (χ1n) is 11.7. The molecule has 0 aliphatic carbocycles. The summed E-state index contributed by atoms with van der Waals surface area (Å²) in [7, 11) is 5.41. The lowest BCUT2D eigenvalue weighted by Crippen LogP contribution is -2.31. The van der Waals surface area contributed by atoms with Gasteiger partial charge in [-0.05, 0) is 77.2 Å². The number of carbonyl (C=O) groups excluding carboxylic acids is 2. The van der Waals surface area contributed by atoms with E-state index in [9.17, 15) is 14.0 Å². The second kappa shape index (κ2) is 11.7. The van der Waals surface area contributed by atoms with Crippen molar-refractivity contribution in [3.63, 3.8) is 0 Å². The molecule has 0 unspecified atom stereocenters. The Balaban J connectivity index is 1.67. The zero-order valence-electron chi connectivity index (χ0n) is 20.9. The molecule has 8 heteroatoms. The smallest absolute Gasteiger partial charge is 0.265 e. The Hall–Kier alpha value is -4.17. The zero-order valence-corrected chi connectivity index (χ0v) is 21.7. The molecule has 0 spiro atoms. The number of nitrogens with one attached hydrogen (secondary N) is 1. The molecule has 3 aromatic carbocycles. The van der Waals surface area contributed by atoms with Crippen LogP contribution in [0.5, 0.6) is 5.75 Å². The van der Waals surface area contributed by atoms with E-state index in [1.165, 1.54) is 23.5 Å². The summed E-state index contributed by atoms with van der Waals surface area (Å²) in [5.41, 5.74) is 3.54. The maximum absolute atomic E-state index is 13.9. The van der Waals surface area contributed by atoms with Gasteiger partial charge in [0.25, 0.3) is 11.8 Å². The Morgan fingerprint density at radius 2 is 1.73 bits per heavy atom. The standard InChI is InChI=1S/C29H28FN3O3S/c1-32(2)26-14-11-24(31-28(34)27-8-5-15-37-27)17-22(26)19-33(18-20-6-4-7-23(30)16-20)29(35)21-9-12-25(36-3)13-10-21/h4-17H,18-19H2,1-3H3,(H,31,34). The maximum Gasteiger partial charge on any atom is 0.265 e. The molecule has 0 aliphatic heterocycles. The van der Waals surface area contributed by atoms with Crippen molar-refractivity contribution in [2.75, 3.05) is 31.4 Å². The average molecular weight is 518 g/mol. The number of hydrogen-bond acceptors (Lipinski definition) is 5. The van der Waals surface area contributed by atoms with Gasteiger partial charge in [-0.15, -0.1) is 11.3 Å². The molecule has 1 aromatic heterocycles. The second-order valence-electron chi connectivity index (χ2n) is 8.69. The SMILES string of the molecule is COc1ccc(C(=O)N(Cc2cccc(F)c2)Cc2cc(NC(=O)c3cccs3)ccc2N(C)C)cc1. The third kappa shape index (κ3) is 6.54. The van der Waals surface area contributed by atoms with Crippen LogP contribution in [0.15, 0.2) is 84.2 Å². The summed E-state index contributed by atoms with van der Waals surface area (Å²) in [6, 6.07) is 22.4. The molecule has 4 rings (SSSR count). The van der Waals surface area contributed by atoms with Gasteiger partial charge in [-0.2, -0.15) is 0 Å². The van der Waals surface area contributed by atoms with Crippen molar-refractivity contribution >= 4 is 34.5 Å². The highest BCUT2D eigenvalue weighted by atomic mass is 32.1. The van der Waals surface area contributed by atoms with Gasteiger partial charge in [0.2, 0.25) is 0 Å². The Bertz CT molecular complexity index is 1370. The van der Waals surface area contributed by atoms with Gasteiger partial charge in [-0.1, -0.05) is 18.2 Å². The van der Waals surface area contributed by atoms with Crippen molar-refractivity contribution in [2.45, 2.75) is 13.1 Å². The summed E-state index contributed by atoms with van der Waals surface area (Å²) in [6.45, 7) is 0.457. The van der Waals surface area contributed by atoms with Gasteiger partial charge in [0.15, 0.2) is 0 Å². The van der Waals surface area contributed by atoms with Crippen LogP contribution in [0.25, 0.3) is 0 Å². The first kappa shape index (κ1) is 25.9. The molecule has 1 N–H and O–H groups in total. The molecule has 0 fully saturated rings. The third-order valence-corrected chi connectivity index (χ3v) is 6.68. The quantitative estimate of drug-likeness (QED) is 0.293. The Morgan fingerprint density at radius 1 is 0.946 bits per heavy atom. The van der Waals surface area contributed by atoms with E-state index in [1.54, 1.807) is 54.5 Å². The largest absolute Gasteiger partial charge is 0.497 e. The number of halogens is 1. The van der Waals surface area contributed by atoms with E-state index < -0.39 is 0 Å². The van der Waals surface area contributed by atoms with E-state index in [0.29, 0.717) is 27.4 Å². The molecule has 2 amide bonds. The highest BCUT2D eigenvalue weighted by Crippen LogP contribution is 2.27. The highest BCUT2D eigenvalue weighted by molar-refractivity contribution is 7.12. The van der Waals surface area contributed by atoms with E-state index >= 15 is 0 Å². The molecule has 190 valence electrons. The van der Waals surface area contributed by atoms with Crippen LogP contribution in [0, 0.1) is 5.82 Å². The first-order valence-corrected chi connectivity index (χ1v) is 12.5. The normalized spacial score (nSPS) is 10.6.